The summed E-state index contributed by atoms with van der Waals surface area (Å²) in [5.41, 5.74) is -20.2. The third kappa shape index (κ3) is 83.3. The first-order chi connectivity index (χ1) is 46.0. The van der Waals surface area contributed by atoms with E-state index in [1.807, 2.05) is 97.1 Å². The Bertz CT molecular complexity index is 3260. The summed E-state index contributed by atoms with van der Waals surface area (Å²) in [5, 5.41) is 41.7. The third-order valence-corrected chi connectivity index (χ3v) is 9.59. The van der Waals surface area contributed by atoms with Gasteiger partial charge in [-0.3, -0.25) is 29.9 Å². The molecule has 0 fully saturated rings. The summed E-state index contributed by atoms with van der Waals surface area (Å²) in [6.45, 7) is 0. The van der Waals surface area contributed by atoms with Crippen LogP contribution in [0.4, 0.5) is 52.7 Å². The van der Waals surface area contributed by atoms with Crippen molar-refractivity contribution in [2.75, 3.05) is 0 Å². The van der Waals surface area contributed by atoms with E-state index < -0.39 is 62.5 Å². The monoisotopic (exact) mass is 1880 g/mol. The minimum atomic E-state index is -6.09. The molecule has 12 heterocycles. The molecule has 0 amide bonds. The maximum Gasteiger partial charge on any atom is 2.00 e. The molecule has 0 aliphatic heterocycles. The van der Waals surface area contributed by atoms with Crippen molar-refractivity contribution in [3.8, 4) is 11.1 Å². The number of hydrogen-bond acceptors (Lipinski definition) is 26. The molecule has 0 spiro atoms. The van der Waals surface area contributed by atoms with Gasteiger partial charge in [0.2, 0.25) is 0 Å². The first-order valence-electron chi connectivity index (χ1n) is 24.6. The molecule has 32 nitrogen and oxygen atoms in total. The molecule has 0 atom stereocenters. The molecule has 0 aliphatic rings. The molecule has 0 aromatic carbocycles. The fourth-order valence-electron chi connectivity index (χ4n) is 3.49. The van der Waals surface area contributed by atoms with Gasteiger partial charge in [-0.1, -0.05) is 60.7 Å². The Morgan fingerprint density at radius 3 is 0.406 bits per heavy atom. The topological polar surface area (TPSA) is 528 Å². The second kappa shape index (κ2) is 73.9. The molecule has 0 saturated carbocycles. The molecular weight excluding hydrogens is 1840 g/mol. The van der Waals surface area contributed by atoms with Crippen molar-refractivity contribution in [2.24, 2.45) is 0 Å². The number of hydrogen-bond donors (Lipinski definition) is 0. The van der Waals surface area contributed by atoms with Crippen LogP contribution < -0.4 is 30.6 Å². The van der Waals surface area contributed by atoms with E-state index in [4.69, 9.17) is 51.9 Å². The Balaban J connectivity index is -0.000000101. The van der Waals surface area contributed by atoms with E-state index in [0.29, 0.717) is 0 Å². The summed E-state index contributed by atoms with van der Waals surface area (Å²) in [4.78, 5) is 23.0. The van der Waals surface area contributed by atoms with Crippen LogP contribution in [-0.4, -0.2) is 145 Å². The molecule has 0 bridgehead atoms. The standard InChI is InChI=1S/C10H8N2.4C5H5N.6C3H3N2.4CHF3O3S.6Cu.2H2O/c1-5-11-6-2-9(1)10-3-7-12-8-4-10;4*1-2-4-6-5-3-1;6*1-2-4-5-3-1;4*2-1(3,4)8(5,6)7;;;;;;;;/h1-8H;4*1-5H;6*1-3H;4*(H,5,6,7);;;;;;;2*1H2/q;;;;;6*-1;;;;;6*+2;;/p-6. The predicted molar refractivity (Wildman–Crippen MR) is 317 cm³/mol. The van der Waals surface area contributed by atoms with E-state index in [9.17, 15) is 52.7 Å². The van der Waals surface area contributed by atoms with Gasteiger partial charge in [-0.15, -0.1) is 0 Å². The first-order valence-corrected chi connectivity index (χ1v) is 30.2. The largest absolute Gasteiger partial charge is 2.00 e. The van der Waals surface area contributed by atoms with E-state index in [2.05, 4.69) is 91.1 Å². The van der Waals surface area contributed by atoms with Crippen molar-refractivity contribution in [3.63, 3.8) is 0 Å². The maximum atomic E-state index is 10.7. The van der Waals surface area contributed by atoms with Gasteiger partial charge in [0, 0.05) is 112 Å². The zero-order chi connectivity index (χ0) is 74.4. The zero-order valence-corrected chi connectivity index (χ0v) is 60.3. The molecular formula is C52H48Cu6F12N18O14S4. The smallest absolute Gasteiger partial charge is 0.870 e. The van der Waals surface area contributed by atoms with Crippen molar-refractivity contribution < 1.29 is 218 Å². The van der Waals surface area contributed by atoms with Crippen LogP contribution in [0.1, 0.15) is 0 Å². The average molecular weight is 1890 g/mol. The van der Waals surface area contributed by atoms with Gasteiger partial charge in [-0.05, 0) is 83.9 Å². The number of pyridine rings is 6. The molecule has 6 radical (unpaired) electrons. The second-order valence-electron chi connectivity index (χ2n) is 14.5. The van der Waals surface area contributed by atoms with Gasteiger partial charge in [0.15, 0.2) is 40.5 Å². The SMILES string of the molecule is O=S(=O)([O-])C(F)(F)F.O=S(=O)([O-])C(F)(F)F.O=S(=O)([O-])C(F)(F)F.O=S(=O)([O-])C(F)(F)F.[Cu+2].[Cu+2].[Cu+2].[Cu+2].[Cu+2].[Cu+2].[OH-].[OH-].c1cc(-c2ccncc2)ccn1.c1ccncc1.c1ccncc1.c1ccncc1.c1ccncc1.c1cn[n-]c1.c1cn[n-]c1.c1cn[n-]c1.c1cn[n-]c1.c1cn[n-]c1.c1cn[n-]c1. The van der Waals surface area contributed by atoms with Gasteiger partial charge in [-0.2, -0.15) is 89.9 Å². The van der Waals surface area contributed by atoms with E-state index in [1.54, 1.807) is 185 Å². The fourth-order valence-corrected chi connectivity index (χ4v) is 3.49. The van der Waals surface area contributed by atoms with Crippen LogP contribution in [0.3, 0.4) is 0 Å². The third-order valence-electron chi connectivity index (χ3n) is 7.33. The molecule has 604 valence electrons. The molecule has 12 aromatic rings. The Hall–Kier alpha value is -8.00. The van der Waals surface area contributed by atoms with Gasteiger partial charge < -0.3 is 90.3 Å². The predicted octanol–water partition coefficient (Wildman–Crippen LogP) is 6.54. The minimum Gasteiger partial charge on any atom is -0.870 e. The molecule has 2 N–H and O–H groups in total. The molecule has 106 heavy (non-hydrogen) atoms. The van der Waals surface area contributed by atoms with Gasteiger partial charge in [0.1, 0.15) is 0 Å². The minimum absolute atomic E-state index is 0. The summed E-state index contributed by atoms with van der Waals surface area (Å²) in [5.74, 6) is 0. The number of nitrogens with zero attached hydrogens (tertiary/aromatic N) is 18. The summed E-state index contributed by atoms with van der Waals surface area (Å²) < 4.78 is 236. The molecule has 0 saturated heterocycles. The molecule has 54 heteroatoms. The van der Waals surface area contributed by atoms with Crippen molar-refractivity contribution in [2.45, 2.75) is 22.0 Å². The first kappa shape index (κ1) is 122. The Kier molecular flexibility index (Phi) is 84.9. The van der Waals surface area contributed by atoms with Crippen LogP contribution >= 0.6 is 0 Å². The van der Waals surface area contributed by atoms with E-state index >= 15 is 0 Å². The number of halogens is 12. The van der Waals surface area contributed by atoms with Crippen LogP contribution in [0.2, 0.25) is 0 Å². The molecule has 0 unspecified atom stereocenters. The van der Waals surface area contributed by atoms with Crippen LogP contribution in [0.25, 0.3) is 11.1 Å². The number of alkyl halides is 12. The van der Waals surface area contributed by atoms with Crippen molar-refractivity contribution in [3.05, 3.63) is 282 Å². The Morgan fingerprint density at radius 1 is 0.226 bits per heavy atom. The van der Waals surface area contributed by atoms with Crippen molar-refractivity contribution in [1.29, 1.82) is 0 Å². The van der Waals surface area contributed by atoms with Crippen LogP contribution in [0.15, 0.2) is 282 Å². The van der Waals surface area contributed by atoms with Gasteiger partial charge >= 0.3 is 124 Å². The van der Waals surface area contributed by atoms with Crippen LogP contribution in [0.5, 0.6) is 0 Å². The molecule has 12 aromatic heterocycles. The Labute approximate surface area is 659 Å². The molecule has 12 rings (SSSR count). The quantitative estimate of drug-likeness (QED) is 0.0728. The fraction of sp³-hybridized carbons (Fsp3) is 0.0769. The van der Waals surface area contributed by atoms with E-state index in [-0.39, 0.29) is 113 Å². The number of aromatic nitrogens is 18. The van der Waals surface area contributed by atoms with Crippen LogP contribution in [0, 0.1) is 0 Å². The van der Waals surface area contributed by atoms with Gasteiger partial charge in [0.25, 0.3) is 0 Å². The molecule has 0 aliphatic carbocycles. The van der Waals surface area contributed by atoms with E-state index in [1.165, 1.54) is 11.1 Å². The van der Waals surface area contributed by atoms with Gasteiger partial charge in [0.05, 0.1) is 0 Å². The summed E-state index contributed by atoms with van der Waals surface area (Å²) in [6, 6.07) is 41.5. The normalized spacial score (nSPS) is 9.40. The maximum absolute atomic E-state index is 10.7. The summed E-state index contributed by atoms with van der Waals surface area (Å²) >= 11 is 0. The average Bonchev–Trinajstić information content (AvgIpc) is 1.13. The van der Waals surface area contributed by atoms with Gasteiger partial charge in [-0.25, -0.2) is 33.7 Å². The van der Waals surface area contributed by atoms with Crippen LogP contribution in [-0.2, 0) is 143 Å². The zero-order valence-electron chi connectivity index (χ0n) is 51.4. The second-order valence-corrected chi connectivity index (χ2v) is 20.0. The van der Waals surface area contributed by atoms with Crippen molar-refractivity contribution in [1.82, 2.24) is 91.1 Å². The summed E-state index contributed by atoms with van der Waals surface area (Å²) in [6.07, 6.45) is 40.8. The Morgan fingerprint density at radius 2 is 0.349 bits per heavy atom. The summed E-state index contributed by atoms with van der Waals surface area (Å²) in [7, 11) is -24.4. The number of rotatable bonds is 1. The van der Waals surface area contributed by atoms with Crippen molar-refractivity contribution >= 4 is 40.5 Å². The van der Waals surface area contributed by atoms with E-state index in [0.717, 1.165) is 0 Å².